The van der Waals surface area contributed by atoms with Crippen molar-refractivity contribution in [2.45, 2.75) is 45.0 Å². The van der Waals surface area contributed by atoms with Crippen molar-refractivity contribution in [1.82, 2.24) is 10.2 Å². The molecule has 0 aromatic rings. The van der Waals surface area contributed by atoms with Crippen LogP contribution in [0.1, 0.15) is 38.5 Å². The number of carbonyl (C=O) groups excluding carboxylic acids is 1. The van der Waals surface area contributed by atoms with Crippen molar-refractivity contribution in [3.63, 3.8) is 0 Å². The van der Waals surface area contributed by atoms with Gasteiger partial charge in [-0.25, -0.2) is 8.78 Å². The molecule has 1 amide bonds. The van der Waals surface area contributed by atoms with Gasteiger partial charge in [-0.3, -0.25) is 9.69 Å². The second kappa shape index (κ2) is 7.17. The molecule has 2 rings (SSSR count). The van der Waals surface area contributed by atoms with E-state index in [-0.39, 0.29) is 12.5 Å². The second-order valence-corrected chi connectivity index (χ2v) is 5.95. The van der Waals surface area contributed by atoms with Crippen LogP contribution in [-0.4, -0.2) is 43.4 Å². The Kier molecular flexibility index (Phi) is 5.55. The van der Waals surface area contributed by atoms with Gasteiger partial charge >= 0.3 is 0 Å². The van der Waals surface area contributed by atoms with Crippen LogP contribution in [0, 0.1) is 11.8 Å². The fourth-order valence-corrected chi connectivity index (χ4v) is 2.74. The van der Waals surface area contributed by atoms with Gasteiger partial charge in [0.25, 0.3) is 6.43 Å². The summed E-state index contributed by atoms with van der Waals surface area (Å²) in [7, 11) is 0. The minimum atomic E-state index is -2.25. The number of nitrogens with one attached hydrogen (secondary N) is 1. The van der Waals surface area contributed by atoms with E-state index in [0.717, 1.165) is 25.3 Å². The lowest BCUT2D eigenvalue weighted by Gasteiger charge is -2.15. The molecule has 1 saturated heterocycles. The van der Waals surface area contributed by atoms with Crippen LogP contribution in [0.2, 0.25) is 0 Å². The van der Waals surface area contributed by atoms with Crippen LogP contribution < -0.4 is 5.32 Å². The fraction of sp³-hybridized carbons (Fsp3) is 0.929. The summed E-state index contributed by atoms with van der Waals surface area (Å²) in [4.78, 5) is 13.4. The molecule has 0 bridgehead atoms. The molecule has 1 aliphatic heterocycles. The molecule has 110 valence electrons. The fourth-order valence-electron chi connectivity index (χ4n) is 2.74. The monoisotopic (exact) mass is 274 g/mol. The van der Waals surface area contributed by atoms with Crippen molar-refractivity contribution in [3.8, 4) is 0 Å². The Balaban J connectivity index is 1.51. The number of likely N-dealkylation sites (tertiary alicyclic amines) is 1. The van der Waals surface area contributed by atoms with Crippen LogP contribution in [0.4, 0.5) is 8.78 Å². The lowest BCUT2D eigenvalue weighted by Crippen LogP contribution is -2.32. The Morgan fingerprint density at radius 1 is 1.26 bits per heavy atom. The number of nitrogens with zero attached hydrogens (tertiary/aromatic N) is 1. The molecule has 19 heavy (non-hydrogen) atoms. The maximum Gasteiger partial charge on any atom is 0.251 e. The van der Waals surface area contributed by atoms with Crippen molar-refractivity contribution >= 4 is 5.91 Å². The van der Waals surface area contributed by atoms with E-state index in [0.29, 0.717) is 25.4 Å². The van der Waals surface area contributed by atoms with Crippen LogP contribution in [0.5, 0.6) is 0 Å². The van der Waals surface area contributed by atoms with Gasteiger partial charge in [0.1, 0.15) is 0 Å². The van der Waals surface area contributed by atoms with Crippen molar-refractivity contribution in [2.24, 2.45) is 11.8 Å². The zero-order valence-corrected chi connectivity index (χ0v) is 11.4. The van der Waals surface area contributed by atoms with Gasteiger partial charge in [0.2, 0.25) is 5.91 Å². The molecule has 0 aromatic heterocycles. The highest BCUT2D eigenvalue weighted by molar-refractivity contribution is 5.75. The SMILES string of the molecule is O=C(CCCC1CC1)NC[C@H]1CCN(CC(F)F)C1. The smallest absolute Gasteiger partial charge is 0.251 e. The van der Waals surface area contributed by atoms with Crippen LogP contribution in [-0.2, 0) is 4.79 Å². The minimum absolute atomic E-state index is 0.118. The third kappa shape index (κ3) is 5.85. The number of alkyl halides is 2. The van der Waals surface area contributed by atoms with Gasteiger partial charge in [-0.05, 0) is 37.6 Å². The first-order chi connectivity index (χ1) is 9.13. The maximum absolute atomic E-state index is 12.2. The number of hydrogen-bond acceptors (Lipinski definition) is 2. The van der Waals surface area contributed by atoms with Crippen molar-refractivity contribution in [1.29, 1.82) is 0 Å². The molecule has 5 heteroatoms. The molecule has 1 N–H and O–H groups in total. The van der Waals surface area contributed by atoms with E-state index in [9.17, 15) is 13.6 Å². The molecule has 3 nitrogen and oxygen atoms in total. The highest BCUT2D eigenvalue weighted by Crippen LogP contribution is 2.33. The number of rotatable bonds is 8. The molecule has 1 aliphatic carbocycles. The zero-order chi connectivity index (χ0) is 13.7. The summed E-state index contributed by atoms with van der Waals surface area (Å²) in [6, 6.07) is 0. The summed E-state index contributed by atoms with van der Waals surface area (Å²) >= 11 is 0. The number of carbonyl (C=O) groups is 1. The first-order valence-corrected chi connectivity index (χ1v) is 7.40. The van der Waals surface area contributed by atoms with Gasteiger partial charge in [0.15, 0.2) is 0 Å². The van der Waals surface area contributed by atoms with E-state index < -0.39 is 6.43 Å². The van der Waals surface area contributed by atoms with Crippen LogP contribution in [0.25, 0.3) is 0 Å². The molecule has 0 radical (unpaired) electrons. The summed E-state index contributed by atoms with van der Waals surface area (Å²) in [5.41, 5.74) is 0. The predicted molar refractivity (Wildman–Crippen MR) is 70.1 cm³/mol. The zero-order valence-electron chi connectivity index (χ0n) is 11.4. The lowest BCUT2D eigenvalue weighted by molar-refractivity contribution is -0.121. The van der Waals surface area contributed by atoms with Crippen molar-refractivity contribution < 1.29 is 13.6 Å². The molecule has 2 fully saturated rings. The molecule has 0 unspecified atom stereocenters. The summed E-state index contributed by atoms with van der Waals surface area (Å²) in [6.07, 6.45) is 4.11. The summed E-state index contributed by atoms with van der Waals surface area (Å²) in [6.45, 7) is 1.92. The van der Waals surface area contributed by atoms with Gasteiger partial charge < -0.3 is 5.32 Å². The Morgan fingerprint density at radius 2 is 2.05 bits per heavy atom. The lowest BCUT2D eigenvalue weighted by atomic mass is 10.1. The second-order valence-electron chi connectivity index (χ2n) is 5.95. The van der Waals surface area contributed by atoms with Crippen molar-refractivity contribution in [2.75, 3.05) is 26.2 Å². The normalized spacial score (nSPS) is 24.1. The average Bonchev–Trinajstić information content (AvgIpc) is 3.06. The van der Waals surface area contributed by atoms with Gasteiger partial charge in [-0.1, -0.05) is 12.8 Å². The summed E-state index contributed by atoms with van der Waals surface area (Å²) in [5.74, 6) is 1.34. The van der Waals surface area contributed by atoms with E-state index in [4.69, 9.17) is 0 Å². The van der Waals surface area contributed by atoms with Gasteiger partial charge in [0.05, 0.1) is 6.54 Å². The predicted octanol–water partition coefficient (Wildman–Crippen LogP) is 2.27. The molecule has 1 heterocycles. The van der Waals surface area contributed by atoms with E-state index in [2.05, 4.69) is 5.32 Å². The first kappa shape index (κ1) is 14.7. The summed E-state index contributed by atoms with van der Waals surface area (Å²) in [5, 5.41) is 2.94. The minimum Gasteiger partial charge on any atom is -0.356 e. The molecule has 0 spiro atoms. The molecular weight excluding hydrogens is 250 g/mol. The Hall–Kier alpha value is -0.710. The Labute approximate surface area is 113 Å². The average molecular weight is 274 g/mol. The first-order valence-electron chi connectivity index (χ1n) is 7.40. The van der Waals surface area contributed by atoms with Gasteiger partial charge in [-0.2, -0.15) is 0 Å². The Bertz CT molecular complexity index is 295. The maximum atomic E-state index is 12.2. The third-order valence-corrected chi connectivity index (χ3v) is 4.07. The molecular formula is C14H24F2N2O. The van der Waals surface area contributed by atoms with Crippen LogP contribution in [0.3, 0.4) is 0 Å². The summed E-state index contributed by atoms with van der Waals surface area (Å²) < 4.78 is 24.5. The third-order valence-electron chi connectivity index (χ3n) is 4.07. The van der Waals surface area contributed by atoms with Gasteiger partial charge in [0, 0.05) is 19.5 Å². The topological polar surface area (TPSA) is 32.3 Å². The highest BCUT2D eigenvalue weighted by atomic mass is 19.3. The molecule has 0 aromatic carbocycles. The van der Waals surface area contributed by atoms with Gasteiger partial charge in [-0.15, -0.1) is 0 Å². The number of hydrogen-bond donors (Lipinski definition) is 1. The van der Waals surface area contributed by atoms with E-state index in [1.54, 1.807) is 4.90 Å². The van der Waals surface area contributed by atoms with Crippen LogP contribution in [0.15, 0.2) is 0 Å². The standard InChI is InChI=1S/C14H24F2N2O/c15-13(16)10-18-7-6-12(9-18)8-17-14(19)3-1-2-11-4-5-11/h11-13H,1-10H2,(H,17,19)/t12-/m1/s1. The Morgan fingerprint density at radius 3 is 2.74 bits per heavy atom. The van der Waals surface area contributed by atoms with E-state index in [1.807, 2.05) is 0 Å². The largest absolute Gasteiger partial charge is 0.356 e. The quantitative estimate of drug-likeness (QED) is 0.736. The van der Waals surface area contributed by atoms with E-state index in [1.165, 1.54) is 19.3 Å². The molecule has 1 saturated carbocycles. The number of amides is 1. The number of halogens is 2. The van der Waals surface area contributed by atoms with Crippen LogP contribution >= 0.6 is 0 Å². The van der Waals surface area contributed by atoms with E-state index >= 15 is 0 Å². The highest BCUT2D eigenvalue weighted by Gasteiger charge is 2.25. The van der Waals surface area contributed by atoms with Crippen molar-refractivity contribution in [3.05, 3.63) is 0 Å². The molecule has 2 aliphatic rings. The molecule has 1 atom stereocenters.